The second kappa shape index (κ2) is 6.26. The predicted octanol–water partition coefficient (Wildman–Crippen LogP) is 3.60. The van der Waals surface area contributed by atoms with Gasteiger partial charge in [-0.25, -0.2) is 9.37 Å². The molecular weight excluding hydrogens is 372 g/mol. The summed E-state index contributed by atoms with van der Waals surface area (Å²) >= 11 is 1.96. The zero-order valence-electron chi connectivity index (χ0n) is 11.9. The quantitative estimate of drug-likeness (QED) is 0.793. The van der Waals surface area contributed by atoms with Crippen LogP contribution in [0.25, 0.3) is 11.0 Å². The number of nitrogen functional groups attached to an aromatic ring is 1. The van der Waals surface area contributed by atoms with Crippen molar-refractivity contribution in [3.05, 3.63) is 21.5 Å². The molecule has 0 fully saturated rings. The van der Waals surface area contributed by atoms with Gasteiger partial charge < -0.3 is 15.0 Å². The van der Waals surface area contributed by atoms with Gasteiger partial charge >= 0.3 is 0 Å². The first-order chi connectivity index (χ1) is 9.45. The Morgan fingerprint density at radius 2 is 2.15 bits per heavy atom. The van der Waals surface area contributed by atoms with E-state index in [9.17, 15) is 4.39 Å². The number of hydrogen-bond acceptors (Lipinski definition) is 3. The highest BCUT2D eigenvalue weighted by Crippen LogP contribution is 2.29. The topological polar surface area (TPSA) is 53.1 Å². The summed E-state index contributed by atoms with van der Waals surface area (Å²) in [6.07, 6.45) is 0. The molecule has 4 nitrogen and oxygen atoms in total. The molecule has 1 aromatic heterocycles. The van der Waals surface area contributed by atoms with E-state index >= 15 is 0 Å². The van der Waals surface area contributed by atoms with Crippen molar-refractivity contribution in [2.75, 3.05) is 18.9 Å². The number of nitrogens with two attached hydrogens (primary N) is 1. The van der Waals surface area contributed by atoms with E-state index in [4.69, 9.17) is 10.5 Å². The summed E-state index contributed by atoms with van der Waals surface area (Å²) in [5.41, 5.74) is 7.47. The Bertz CT molecular complexity index is 612. The lowest BCUT2D eigenvalue weighted by molar-refractivity contribution is 0.0987. The van der Waals surface area contributed by atoms with Crippen LogP contribution in [-0.4, -0.2) is 22.8 Å². The number of imidazole rings is 1. The van der Waals surface area contributed by atoms with Crippen LogP contribution in [0.2, 0.25) is 0 Å². The first-order valence-electron chi connectivity index (χ1n) is 6.65. The van der Waals surface area contributed by atoms with E-state index in [1.165, 1.54) is 6.07 Å². The van der Waals surface area contributed by atoms with Gasteiger partial charge in [0.25, 0.3) is 0 Å². The van der Waals surface area contributed by atoms with Crippen LogP contribution in [0.5, 0.6) is 0 Å². The molecule has 0 bridgehead atoms. The van der Waals surface area contributed by atoms with E-state index in [2.05, 4.69) is 18.8 Å². The van der Waals surface area contributed by atoms with Gasteiger partial charge in [-0.05, 0) is 41.5 Å². The average molecular weight is 391 g/mol. The molecule has 20 heavy (non-hydrogen) atoms. The highest BCUT2D eigenvalue weighted by molar-refractivity contribution is 14.1. The summed E-state index contributed by atoms with van der Waals surface area (Å²) in [6, 6.07) is 3.26. The van der Waals surface area contributed by atoms with Gasteiger partial charge in [0.05, 0.1) is 27.3 Å². The predicted molar refractivity (Wildman–Crippen MR) is 87.2 cm³/mol. The molecule has 2 rings (SSSR count). The molecule has 0 aliphatic rings. The van der Waals surface area contributed by atoms with Crippen molar-refractivity contribution in [2.45, 2.75) is 26.8 Å². The molecule has 0 saturated carbocycles. The summed E-state index contributed by atoms with van der Waals surface area (Å²) in [4.78, 5) is 4.34. The Labute approximate surface area is 131 Å². The summed E-state index contributed by atoms with van der Waals surface area (Å²) < 4.78 is 21.8. The van der Waals surface area contributed by atoms with Crippen LogP contribution in [0, 0.1) is 15.3 Å². The van der Waals surface area contributed by atoms with Crippen LogP contribution in [0.3, 0.4) is 0 Å². The Balaban J connectivity index is 2.56. The van der Waals surface area contributed by atoms with Gasteiger partial charge in [0.2, 0.25) is 5.95 Å². The minimum absolute atomic E-state index is 0.0411. The smallest absolute Gasteiger partial charge is 0.201 e. The van der Waals surface area contributed by atoms with Gasteiger partial charge in [-0.2, -0.15) is 0 Å². The van der Waals surface area contributed by atoms with Gasteiger partial charge in [0.1, 0.15) is 5.82 Å². The van der Waals surface area contributed by atoms with Crippen LogP contribution in [0.1, 0.15) is 26.8 Å². The van der Waals surface area contributed by atoms with Crippen LogP contribution < -0.4 is 5.73 Å². The minimum atomic E-state index is -0.252. The molecule has 0 spiro atoms. The van der Waals surface area contributed by atoms with E-state index in [0.717, 1.165) is 11.0 Å². The molecule has 0 amide bonds. The number of benzene rings is 1. The van der Waals surface area contributed by atoms with Crippen molar-refractivity contribution in [1.82, 2.24) is 9.55 Å². The third-order valence-electron chi connectivity index (χ3n) is 3.35. The van der Waals surface area contributed by atoms with Crippen LogP contribution in [0.4, 0.5) is 10.3 Å². The molecule has 1 aromatic carbocycles. The van der Waals surface area contributed by atoms with Crippen molar-refractivity contribution >= 4 is 39.6 Å². The first-order valence-corrected chi connectivity index (χ1v) is 7.73. The lowest BCUT2D eigenvalue weighted by Crippen LogP contribution is -2.22. The van der Waals surface area contributed by atoms with Crippen LogP contribution in [-0.2, 0) is 4.74 Å². The van der Waals surface area contributed by atoms with Gasteiger partial charge in [-0.3, -0.25) is 0 Å². The minimum Gasteiger partial charge on any atom is -0.380 e. The number of aromatic nitrogens is 2. The monoisotopic (exact) mass is 391 g/mol. The normalized spacial score (nSPS) is 13.3. The van der Waals surface area contributed by atoms with E-state index in [-0.39, 0.29) is 11.9 Å². The summed E-state index contributed by atoms with van der Waals surface area (Å²) in [5.74, 6) is 0.460. The number of halogens is 2. The van der Waals surface area contributed by atoms with Crippen molar-refractivity contribution < 1.29 is 9.13 Å². The maximum atomic E-state index is 13.8. The maximum absolute atomic E-state index is 13.8. The second-order valence-electron chi connectivity index (χ2n) is 5.07. The van der Waals surface area contributed by atoms with E-state index < -0.39 is 0 Å². The van der Waals surface area contributed by atoms with Crippen molar-refractivity contribution in [3.63, 3.8) is 0 Å². The van der Waals surface area contributed by atoms with E-state index in [1.807, 2.05) is 34.1 Å². The Kier molecular flexibility index (Phi) is 4.85. The highest BCUT2D eigenvalue weighted by atomic mass is 127. The SMILES string of the molecule is CCOCC(C(C)C)n1c(N)nc2cc(I)c(F)cc21. The van der Waals surface area contributed by atoms with Crippen molar-refractivity contribution in [3.8, 4) is 0 Å². The molecule has 2 N–H and O–H groups in total. The average Bonchev–Trinajstić information content (AvgIpc) is 2.67. The molecule has 0 radical (unpaired) electrons. The van der Waals surface area contributed by atoms with Gasteiger partial charge in [-0.1, -0.05) is 13.8 Å². The number of hydrogen-bond donors (Lipinski definition) is 1. The summed E-state index contributed by atoms with van der Waals surface area (Å²) in [5, 5.41) is 0. The number of anilines is 1. The third-order valence-corrected chi connectivity index (χ3v) is 4.18. The number of fused-ring (bicyclic) bond motifs is 1. The lowest BCUT2D eigenvalue weighted by atomic mass is 10.0. The standard InChI is InChI=1S/C14H19FIN3O/c1-4-20-7-13(8(2)3)19-12-5-9(15)10(16)6-11(12)18-14(19)17/h5-6,8,13H,4,7H2,1-3H3,(H2,17,18). The number of nitrogens with zero attached hydrogens (tertiary/aromatic N) is 2. The Morgan fingerprint density at radius 3 is 2.75 bits per heavy atom. The van der Waals surface area contributed by atoms with E-state index in [0.29, 0.717) is 28.7 Å². The Hall–Kier alpha value is -0.890. The molecular formula is C14H19FIN3O. The number of rotatable bonds is 5. The molecule has 1 heterocycles. The molecule has 1 atom stereocenters. The van der Waals surface area contributed by atoms with Gasteiger partial charge in [-0.15, -0.1) is 0 Å². The molecule has 0 aliphatic carbocycles. The fourth-order valence-corrected chi connectivity index (χ4v) is 2.71. The lowest BCUT2D eigenvalue weighted by Gasteiger charge is -2.24. The van der Waals surface area contributed by atoms with Crippen LogP contribution in [0.15, 0.2) is 12.1 Å². The van der Waals surface area contributed by atoms with E-state index in [1.54, 1.807) is 6.07 Å². The molecule has 110 valence electrons. The molecule has 0 aliphatic heterocycles. The van der Waals surface area contributed by atoms with Gasteiger partial charge in [0, 0.05) is 12.7 Å². The Morgan fingerprint density at radius 1 is 1.45 bits per heavy atom. The zero-order valence-corrected chi connectivity index (χ0v) is 14.0. The highest BCUT2D eigenvalue weighted by Gasteiger charge is 2.22. The third kappa shape index (κ3) is 2.90. The van der Waals surface area contributed by atoms with Crippen molar-refractivity contribution in [2.24, 2.45) is 5.92 Å². The second-order valence-corrected chi connectivity index (χ2v) is 6.23. The van der Waals surface area contributed by atoms with Gasteiger partial charge in [0.15, 0.2) is 0 Å². The van der Waals surface area contributed by atoms with Crippen LogP contribution >= 0.6 is 22.6 Å². The summed E-state index contributed by atoms with van der Waals surface area (Å²) in [7, 11) is 0. The zero-order chi connectivity index (χ0) is 14.9. The molecule has 1 unspecified atom stereocenters. The summed E-state index contributed by atoms with van der Waals surface area (Å²) in [6.45, 7) is 7.32. The fourth-order valence-electron chi connectivity index (χ4n) is 2.26. The number of ether oxygens (including phenoxy) is 1. The van der Waals surface area contributed by atoms with Crippen molar-refractivity contribution in [1.29, 1.82) is 0 Å². The molecule has 6 heteroatoms. The first kappa shape index (κ1) is 15.5. The molecule has 0 saturated heterocycles. The largest absolute Gasteiger partial charge is 0.380 e. The molecule has 2 aromatic rings. The maximum Gasteiger partial charge on any atom is 0.201 e. The fraction of sp³-hybridized carbons (Fsp3) is 0.500.